The molecule has 1 aromatic carbocycles. The predicted molar refractivity (Wildman–Crippen MR) is 54.4 cm³/mol. The largest absolute Gasteiger partial charge is 0.290 e. The molecular weight excluding hydrogens is 214 g/mol. The molecule has 1 aliphatic rings. The van der Waals surface area contributed by atoms with Gasteiger partial charge in [0.05, 0.1) is 4.95 Å². The Bertz CT molecular complexity index is 285. The summed E-state index contributed by atoms with van der Waals surface area (Å²) in [6.45, 7) is 1.15. The summed E-state index contributed by atoms with van der Waals surface area (Å²) in [5.74, 6) is 0. The van der Waals surface area contributed by atoms with Gasteiger partial charge in [-0.15, -0.1) is 0 Å². The van der Waals surface area contributed by atoms with Crippen LogP contribution in [0.5, 0.6) is 0 Å². The molecule has 0 spiro atoms. The van der Waals surface area contributed by atoms with Crippen LogP contribution < -0.4 is 0 Å². The molecule has 1 aromatic rings. The van der Waals surface area contributed by atoms with Gasteiger partial charge in [0.25, 0.3) is 0 Å². The standard InChI is InChI=1S/C10H12BrN/c1-12-7-6-8-4-2-3-5-9(8)10(12)11/h2-5,10H,6-7H2,1H3. The molecule has 0 amide bonds. The number of benzene rings is 1. The van der Waals surface area contributed by atoms with Crippen molar-refractivity contribution in [1.29, 1.82) is 0 Å². The van der Waals surface area contributed by atoms with Gasteiger partial charge in [0.2, 0.25) is 0 Å². The Hall–Kier alpha value is -0.340. The number of nitrogens with zero attached hydrogens (tertiary/aromatic N) is 1. The third-order valence-electron chi connectivity index (χ3n) is 2.43. The quantitative estimate of drug-likeness (QED) is 0.485. The minimum Gasteiger partial charge on any atom is -0.290 e. The summed E-state index contributed by atoms with van der Waals surface area (Å²) in [6.07, 6.45) is 1.18. The predicted octanol–water partition coefficient (Wildman–Crippen LogP) is 2.57. The van der Waals surface area contributed by atoms with Crippen molar-refractivity contribution in [3.05, 3.63) is 35.4 Å². The van der Waals surface area contributed by atoms with Crippen molar-refractivity contribution < 1.29 is 0 Å². The summed E-state index contributed by atoms with van der Waals surface area (Å²) in [5.41, 5.74) is 2.91. The molecule has 1 aliphatic heterocycles. The first kappa shape index (κ1) is 8.27. The molecule has 1 unspecified atom stereocenters. The third kappa shape index (κ3) is 1.29. The minimum absolute atomic E-state index is 0.405. The van der Waals surface area contributed by atoms with Gasteiger partial charge in [-0.3, -0.25) is 4.90 Å². The van der Waals surface area contributed by atoms with Gasteiger partial charge in [-0.1, -0.05) is 40.2 Å². The Labute approximate surface area is 81.5 Å². The van der Waals surface area contributed by atoms with Crippen molar-refractivity contribution in [1.82, 2.24) is 4.90 Å². The summed E-state index contributed by atoms with van der Waals surface area (Å²) in [6, 6.07) is 8.64. The van der Waals surface area contributed by atoms with Crippen LogP contribution in [0.4, 0.5) is 0 Å². The van der Waals surface area contributed by atoms with Gasteiger partial charge in [-0.05, 0) is 24.6 Å². The minimum atomic E-state index is 0.405. The fraction of sp³-hybridized carbons (Fsp3) is 0.400. The molecular formula is C10H12BrN. The Kier molecular flexibility index (Phi) is 2.20. The molecule has 1 heterocycles. The highest BCUT2D eigenvalue weighted by Crippen LogP contribution is 2.32. The number of hydrogen-bond donors (Lipinski definition) is 0. The fourth-order valence-electron chi connectivity index (χ4n) is 1.64. The van der Waals surface area contributed by atoms with Crippen LogP contribution in [0.3, 0.4) is 0 Å². The smallest absolute Gasteiger partial charge is 0.0911 e. The molecule has 2 heteroatoms. The van der Waals surface area contributed by atoms with Gasteiger partial charge in [-0.25, -0.2) is 0 Å². The number of alkyl halides is 1. The fourth-order valence-corrected chi connectivity index (χ4v) is 2.29. The molecule has 0 fully saturated rings. The van der Waals surface area contributed by atoms with Crippen LogP contribution in [0.2, 0.25) is 0 Å². The highest BCUT2D eigenvalue weighted by molar-refractivity contribution is 9.09. The monoisotopic (exact) mass is 225 g/mol. The van der Waals surface area contributed by atoms with E-state index >= 15 is 0 Å². The van der Waals surface area contributed by atoms with Gasteiger partial charge in [0.1, 0.15) is 0 Å². The van der Waals surface area contributed by atoms with Crippen molar-refractivity contribution in [3.8, 4) is 0 Å². The van der Waals surface area contributed by atoms with E-state index in [-0.39, 0.29) is 0 Å². The van der Waals surface area contributed by atoms with Gasteiger partial charge in [0, 0.05) is 6.54 Å². The molecule has 0 saturated heterocycles. The molecule has 0 saturated carbocycles. The summed E-state index contributed by atoms with van der Waals surface area (Å²) in [5, 5.41) is 0. The van der Waals surface area contributed by atoms with Gasteiger partial charge in [0.15, 0.2) is 0 Å². The number of hydrogen-bond acceptors (Lipinski definition) is 1. The first-order chi connectivity index (χ1) is 5.79. The first-order valence-corrected chi connectivity index (χ1v) is 5.13. The van der Waals surface area contributed by atoms with E-state index in [9.17, 15) is 0 Å². The van der Waals surface area contributed by atoms with Crippen LogP contribution in [-0.2, 0) is 6.42 Å². The zero-order valence-corrected chi connectivity index (χ0v) is 8.71. The van der Waals surface area contributed by atoms with Crippen LogP contribution in [0.1, 0.15) is 16.1 Å². The van der Waals surface area contributed by atoms with E-state index in [0.29, 0.717) is 4.95 Å². The Morgan fingerprint density at radius 2 is 2.17 bits per heavy atom. The van der Waals surface area contributed by atoms with E-state index in [2.05, 4.69) is 52.1 Å². The van der Waals surface area contributed by atoms with Crippen LogP contribution in [0.15, 0.2) is 24.3 Å². The van der Waals surface area contributed by atoms with Crippen LogP contribution in [-0.4, -0.2) is 18.5 Å². The number of fused-ring (bicyclic) bond motifs is 1. The molecule has 0 N–H and O–H groups in total. The van der Waals surface area contributed by atoms with Gasteiger partial charge < -0.3 is 0 Å². The molecule has 0 bridgehead atoms. The molecule has 1 nitrogen and oxygen atoms in total. The lowest BCUT2D eigenvalue weighted by Gasteiger charge is -2.30. The molecule has 0 aromatic heterocycles. The van der Waals surface area contributed by atoms with Crippen molar-refractivity contribution in [2.45, 2.75) is 11.4 Å². The normalized spacial score (nSPS) is 23.7. The summed E-state index contributed by atoms with van der Waals surface area (Å²) in [4.78, 5) is 2.73. The van der Waals surface area contributed by atoms with Crippen LogP contribution >= 0.6 is 15.9 Å². The Morgan fingerprint density at radius 1 is 1.42 bits per heavy atom. The topological polar surface area (TPSA) is 3.24 Å². The zero-order chi connectivity index (χ0) is 8.55. The van der Waals surface area contributed by atoms with Crippen molar-refractivity contribution in [2.75, 3.05) is 13.6 Å². The highest BCUT2D eigenvalue weighted by Gasteiger charge is 2.20. The number of rotatable bonds is 0. The third-order valence-corrected chi connectivity index (χ3v) is 3.62. The zero-order valence-electron chi connectivity index (χ0n) is 7.13. The maximum atomic E-state index is 3.68. The lowest BCUT2D eigenvalue weighted by atomic mass is 10.0. The van der Waals surface area contributed by atoms with E-state index in [1.54, 1.807) is 0 Å². The summed E-state index contributed by atoms with van der Waals surface area (Å²) >= 11 is 3.68. The summed E-state index contributed by atoms with van der Waals surface area (Å²) in [7, 11) is 2.15. The SMILES string of the molecule is CN1CCc2ccccc2C1Br. The summed E-state index contributed by atoms with van der Waals surface area (Å²) < 4.78 is 0. The molecule has 0 aliphatic carbocycles. The van der Waals surface area contributed by atoms with E-state index in [1.807, 2.05) is 0 Å². The van der Waals surface area contributed by atoms with E-state index < -0.39 is 0 Å². The van der Waals surface area contributed by atoms with Crippen molar-refractivity contribution >= 4 is 15.9 Å². The van der Waals surface area contributed by atoms with Crippen LogP contribution in [0, 0.1) is 0 Å². The Morgan fingerprint density at radius 3 is 3.00 bits per heavy atom. The van der Waals surface area contributed by atoms with Crippen LogP contribution in [0.25, 0.3) is 0 Å². The molecule has 1 atom stereocenters. The lowest BCUT2D eigenvalue weighted by Crippen LogP contribution is -2.28. The lowest BCUT2D eigenvalue weighted by molar-refractivity contribution is 0.309. The van der Waals surface area contributed by atoms with Gasteiger partial charge >= 0.3 is 0 Å². The average Bonchev–Trinajstić information content (AvgIpc) is 2.12. The molecule has 0 radical (unpaired) electrons. The number of halogens is 1. The van der Waals surface area contributed by atoms with Crippen molar-refractivity contribution in [3.63, 3.8) is 0 Å². The Balaban J connectivity index is 2.42. The molecule has 64 valence electrons. The first-order valence-electron chi connectivity index (χ1n) is 4.21. The maximum absolute atomic E-state index is 3.68. The number of likely N-dealkylation sites (N-methyl/N-ethyl adjacent to an activating group) is 1. The second-order valence-corrected chi connectivity index (χ2v) is 4.13. The van der Waals surface area contributed by atoms with E-state index in [4.69, 9.17) is 0 Å². The van der Waals surface area contributed by atoms with Crippen molar-refractivity contribution in [2.24, 2.45) is 0 Å². The maximum Gasteiger partial charge on any atom is 0.0911 e. The second-order valence-electron chi connectivity index (χ2n) is 3.27. The average molecular weight is 226 g/mol. The van der Waals surface area contributed by atoms with E-state index in [0.717, 1.165) is 6.54 Å². The van der Waals surface area contributed by atoms with E-state index in [1.165, 1.54) is 17.5 Å². The molecule has 12 heavy (non-hydrogen) atoms. The molecule has 2 rings (SSSR count). The highest BCUT2D eigenvalue weighted by atomic mass is 79.9. The second kappa shape index (κ2) is 3.19. The van der Waals surface area contributed by atoms with Gasteiger partial charge in [-0.2, -0.15) is 0 Å².